The van der Waals surface area contributed by atoms with Crippen LogP contribution in [0.2, 0.25) is 0 Å². The summed E-state index contributed by atoms with van der Waals surface area (Å²) >= 11 is 0. The molecule has 1 unspecified atom stereocenters. The number of aliphatic carboxylic acids is 2. The molecule has 0 saturated heterocycles. The SMILES string of the molecule is CCCCCCCC/C=C\CCCCCCCC(=O)C(N)(CC(=O)O)C(=O)O. The fraction of sp³-hybridized carbons (Fsp3) is 0.773. The number of unbranched alkanes of at least 4 members (excludes halogenated alkanes) is 11. The van der Waals surface area contributed by atoms with Crippen LogP contribution in [0.1, 0.15) is 103 Å². The van der Waals surface area contributed by atoms with Crippen molar-refractivity contribution in [2.45, 2.75) is 109 Å². The third kappa shape index (κ3) is 12.7. The quantitative estimate of drug-likeness (QED) is 0.163. The molecule has 6 heteroatoms. The summed E-state index contributed by atoms with van der Waals surface area (Å²) < 4.78 is 0. The van der Waals surface area contributed by atoms with Gasteiger partial charge in [0.2, 0.25) is 0 Å². The molecule has 0 aromatic heterocycles. The van der Waals surface area contributed by atoms with Gasteiger partial charge in [0, 0.05) is 6.42 Å². The molecule has 0 saturated carbocycles. The van der Waals surface area contributed by atoms with Crippen molar-refractivity contribution in [3.8, 4) is 0 Å². The molecule has 0 radical (unpaired) electrons. The lowest BCUT2D eigenvalue weighted by Gasteiger charge is -2.21. The van der Waals surface area contributed by atoms with Crippen molar-refractivity contribution in [2.75, 3.05) is 0 Å². The van der Waals surface area contributed by atoms with E-state index in [2.05, 4.69) is 19.1 Å². The van der Waals surface area contributed by atoms with Crippen LogP contribution in [-0.2, 0) is 14.4 Å². The number of ketones is 1. The van der Waals surface area contributed by atoms with E-state index in [1.54, 1.807) is 0 Å². The summed E-state index contributed by atoms with van der Waals surface area (Å²) in [5.74, 6) is -3.67. The van der Waals surface area contributed by atoms with Crippen LogP contribution in [0, 0.1) is 0 Å². The molecule has 28 heavy (non-hydrogen) atoms. The van der Waals surface area contributed by atoms with E-state index in [9.17, 15) is 14.4 Å². The Morgan fingerprint density at radius 1 is 0.786 bits per heavy atom. The second kappa shape index (κ2) is 16.3. The second-order valence-electron chi connectivity index (χ2n) is 7.60. The minimum atomic E-state index is -2.31. The molecule has 0 aromatic rings. The van der Waals surface area contributed by atoms with Crippen LogP contribution in [0.5, 0.6) is 0 Å². The molecular formula is C22H39NO5. The first-order valence-electron chi connectivity index (χ1n) is 10.8. The maximum absolute atomic E-state index is 12.0. The number of carboxylic acid groups (broad SMARTS) is 2. The fourth-order valence-corrected chi connectivity index (χ4v) is 3.11. The van der Waals surface area contributed by atoms with Crippen molar-refractivity contribution in [1.82, 2.24) is 0 Å². The molecule has 0 fully saturated rings. The smallest absolute Gasteiger partial charge is 0.332 e. The lowest BCUT2D eigenvalue weighted by Crippen LogP contribution is -2.56. The molecule has 0 aliphatic carbocycles. The van der Waals surface area contributed by atoms with Gasteiger partial charge in [-0.05, 0) is 32.1 Å². The first kappa shape index (κ1) is 26.3. The third-order valence-corrected chi connectivity index (χ3v) is 4.97. The lowest BCUT2D eigenvalue weighted by molar-refractivity contribution is -0.154. The number of rotatable bonds is 19. The summed E-state index contributed by atoms with van der Waals surface area (Å²) in [7, 11) is 0. The zero-order chi connectivity index (χ0) is 21.3. The van der Waals surface area contributed by atoms with Crippen LogP contribution in [0.25, 0.3) is 0 Å². The first-order chi connectivity index (χ1) is 13.3. The summed E-state index contributed by atoms with van der Waals surface area (Å²) in [6.07, 6.45) is 18.3. The van der Waals surface area contributed by atoms with Gasteiger partial charge in [0.15, 0.2) is 11.3 Å². The average molecular weight is 398 g/mol. The van der Waals surface area contributed by atoms with Crippen molar-refractivity contribution in [3.63, 3.8) is 0 Å². The number of Topliss-reactive ketones (excluding diaryl/α,β-unsaturated/α-hetero) is 1. The molecule has 0 aliphatic rings. The minimum Gasteiger partial charge on any atom is -0.481 e. The Morgan fingerprint density at radius 2 is 1.25 bits per heavy atom. The topological polar surface area (TPSA) is 118 Å². The van der Waals surface area contributed by atoms with Gasteiger partial charge in [-0.15, -0.1) is 0 Å². The van der Waals surface area contributed by atoms with Gasteiger partial charge in [0.1, 0.15) is 0 Å². The van der Waals surface area contributed by atoms with E-state index in [0.29, 0.717) is 6.42 Å². The molecule has 4 N–H and O–H groups in total. The van der Waals surface area contributed by atoms with E-state index in [0.717, 1.165) is 38.5 Å². The van der Waals surface area contributed by atoms with Crippen LogP contribution in [-0.4, -0.2) is 33.5 Å². The Morgan fingerprint density at radius 3 is 1.71 bits per heavy atom. The zero-order valence-corrected chi connectivity index (χ0v) is 17.5. The third-order valence-electron chi connectivity index (χ3n) is 4.97. The maximum atomic E-state index is 12.0. The monoisotopic (exact) mass is 397 g/mol. The molecule has 0 aromatic carbocycles. The Kier molecular flexibility index (Phi) is 15.3. The molecule has 0 rings (SSSR count). The van der Waals surface area contributed by atoms with Gasteiger partial charge in [-0.2, -0.15) is 0 Å². The number of hydrogen-bond acceptors (Lipinski definition) is 4. The molecule has 0 spiro atoms. The largest absolute Gasteiger partial charge is 0.481 e. The lowest BCUT2D eigenvalue weighted by atomic mass is 9.88. The predicted molar refractivity (Wildman–Crippen MR) is 111 cm³/mol. The van der Waals surface area contributed by atoms with E-state index in [1.807, 2.05) is 0 Å². The Labute approximate surface area is 169 Å². The Bertz CT molecular complexity index is 489. The second-order valence-corrected chi connectivity index (χ2v) is 7.60. The predicted octanol–water partition coefficient (Wildman–Crippen LogP) is 4.85. The number of carboxylic acids is 2. The highest BCUT2D eigenvalue weighted by Gasteiger charge is 2.43. The molecule has 0 bridgehead atoms. The Hall–Kier alpha value is -1.69. The van der Waals surface area contributed by atoms with Gasteiger partial charge in [-0.3, -0.25) is 9.59 Å². The molecule has 6 nitrogen and oxygen atoms in total. The average Bonchev–Trinajstić information content (AvgIpc) is 2.63. The van der Waals surface area contributed by atoms with Gasteiger partial charge in [-0.1, -0.05) is 70.4 Å². The highest BCUT2D eigenvalue weighted by molar-refractivity contribution is 6.09. The highest BCUT2D eigenvalue weighted by Crippen LogP contribution is 2.15. The molecular weight excluding hydrogens is 358 g/mol. The van der Waals surface area contributed by atoms with Gasteiger partial charge in [-0.25, -0.2) is 4.79 Å². The summed E-state index contributed by atoms with van der Waals surface area (Å²) in [6, 6.07) is 0. The van der Waals surface area contributed by atoms with Gasteiger partial charge in [0.05, 0.1) is 6.42 Å². The van der Waals surface area contributed by atoms with Crippen molar-refractivity contribution >= 4 is 17.7 Å². The van der Waals surface area contributed by atoms with Gasteiger partial charge in [0.25, 0.3) is 0 Å². The van der Waals surface area contributed by atoms with Crippen molar-refractivity contribution in [1.29, 1.82) is 0 Å². The number of carbonyl (C=O) groups excluding carboxylic acids is 1. The van der Waals surface area contributed by atoms with Crippen molar-refractivity contribution < 1.29 is 24.6 Å². The minimum absolute atomic E-state index is 0.00817. The molecule has 0 aliphatic heterocycles. The highest BCUT2D eigenvalue weighted by atomic mass is 16.4. The van der Waals surface area contributed by atoms with E-state index in [4.69, 9.17) is 15.9 Å². The fourth-order valence-electron chi connectivity index (χ4n) is 3.11. The summed E-state index contributed by atoms with van der Waals surface area (Å²) in [4.78, 5) is 33.9. The number of hydrogen-bond donors (Lipinski definition) is 3. The molecule has 162 valence electrons. The summed E-state index contributed by atoms with van der Waals surface area (Å²) in [6.45, 7) is 2.23. The van der Waals surface area contributed by atoms with Crippen molar-refractivity contribution in [2.24, 2.45) is 5.73 Å². The number of nitrogens with two attached hydrogens (primary N) is 1. The van der Waals surface area contributed by atoms with Crippen LogP contribution >= 0.6 is 0 Å². The number of allylic oxidation sites excluding steroid dienone is 2. The summed E-state index contributed by atoms with van der Waals surface area (Å²) in [5, 5.41) is 17.8. The van der Waals surface area contributed by atoms with Crippen molar-refractivity contribution in [3.05, 3.63) is 12.2 Å². The number of carbonyl (C=O) groups is 3. The van der Waals surface area contributed by atoms with Gasteiger partial charge >= 0.3 is 11.9 Å². The van der Waals surface area contributed by atoms with Crippen LogP contribution in [0.4, 0.5) is 0 Å². The van der Waals surface area contributed by atoms with E-state index in [-0.39, 0.29) is 6.42 Å². The Balaban J connectivity index is 3.68. The van der Waals surface area contributed by atoms with Crippen LogP contribution in [0.15, 0.2) is 12.2 Å². The van der Waals surface area contributed by atoms with Crippen LogP contribution < -0.4 is 5.73 Å². The van der Waals surface area contributed by atoms with Crippen LogP contribution in [0.3, 0.4) is 0 Å². The standard InChI is InChI=1S/C22H39NO5/c1-2-3-4-5-6-7-8-9-10-11-12-13-14-15-16-17-19(24)22(23,21(27)28)18-20(25)26/h9-10H,2-8,11-18,23H2,1H3,(H,25,26)(H,27,28)/b10-9-. The van der Waals surface area contributed by atoms with E-state index < -0.39 is 29.7 Å². The molecule has 0 amide bonds. The zero-order valence-electron chi connectivity index (χ0n) is 17.5. The molecule has 1 atom stereocenters. The maximum Gasteiger partial charge on any atom is 0.332 e. The van der Waals surface area contributed by atoms with Gasteiger partial charge < -0.3 is 15.9 Å². The first-order valence-corrected chi connectivity index (χ1v) is 10.8. The molecule has 0 heterocycles. The summed E-state index contributed by atoms with van der Waals surface area (Å²) in [5.41, 5.74) is 3.20. The normalized spacial score (nSPS) is 13.5. The van der Waals surface area contributed by atoms with E-state index >= 15 is 0 Å². The van der Waals surface area contributed by atoms with E-state index in [1.165, 1.54) is 38.5 Å².